The van der Waals surface area contributed by atoms with Gasteiger partial charge in [-0.05, 0) is 23.8 Å². The SMILES string of the molecule is COc1ccc(Cl)cc1CC(O)CC#N. The number of hydrogen-bond acceptors (Lipinski definition) is 3. The summed E-state index contributed by atoms with van der Waals surface area (Å²) in [6, 6.07) is 7.12. The Morgan fingerprint density at radius 2 is 2.33 bits per heavy atom. The van der Waals surface area contributed by atoms with Gasteiger partial charge in [-0.3, -0.25) is 0 Å². The number of methoxy groups -OCH3 is 1. The Labute approximate surface area is 93.9 Å². The summed E-state index contributed by atoms with van der Waals surface area (Å²) in [6.07, 6.45) is -0.199. The zero-order chi connectivity index (χ0) is 11.3. The molecule has 0 fully saturated rings. The van der Waals surface area contributed by atoms with Crippen molar-refractivity contribution in [3.05, 3.63) is 28.8 Å². The van der Waals surface area contributed by atoms with E-state index in [2.05, 4.69) is 0 Å². The Morgan fingerprint density at radius 1 is 1.60 bits per heavy atom. The molecule has 1 aromatic rings. The summed E-state index contributed by atoms with van der Waals surface area (Å²) in [7, 11) is 1.56. The van der Waals surface area contributed by atoms with Crippen LogP contribution in [-0.4, -0.2) is 18.3 Å². The second kappa shape index (κ2) is 5.59. The Bertz CT molecular complexity index is 373. The van der Waals surface area contributed by atoms with Crippen molar-refractivity contribution in [3.63, 3.8) is 0 Å². The number of aliphatic hydroxyl groups is 1. The monoisotopic (exact) mass is 225 g/mol. The highest BCUT2D eigenvalue weighted by Crippen LogP contribution is 2.24. The molecule has 1 aromatic carbocycles. The van der Waals surface area contributed by atoms with Gasteiger partial charge >= 0.3 is 0 Å². The Morgan fingerprint density at radius 3 is 2.93 bits per heavy atom. The topological polar surface area (TPSA) is 53.2 Å². The zero-order valence-corrected chi connectivity index (χ0v) is 9.16. The summed E-state index contributed by atoms with van der Waals surface area (Å²) in [6.45, 7) is 0. The summed E-state index contributed by atoms with van der Waals surface area (Å²) < 4.78 is 5.13. The van der Waals surface area contributed by atoms with Crippen LogP contribution in [0.3, 0.4) is 0 Å². The van der Waals surface area contributed by atoms with Crippen molar-refractivity contribution in [2.45, 2.75) is 18.9 Å². The molecule has 0 saturated carbocycles. The van der Waals surface area contributed by atoms with Gasteiger partial charge in [-0.25, -0.2) is 0 Å². The lowest BCUT2D eigenvalue weighted by Gasteiger charge is -2.11. The van der Waals surface area contributed by atoms with Crippen molar-refractivity contribution < 1.29 is 9.84 Å². The minimum Gasteiger partial charge on any atom is -0.496 e. The number of nitrogens with zero attached hydrogens (tertiary/aromatic N) is 1. The van der Waals surface area contributed by atoms with Crippen LogP contribution >= 0.6 is 11.6 Å². The van der Waals surface area contributed by atoms with Gasteiger partial charge in [0, 0.05) is 11.4 Å². The van der Waals surface area contributed by atoms with Gasteiger partial charge in [-0.2, -0.15) is 5.26 Å². The average Bonchev–Trinajstić information content (AvgIpc) is 2.18. The first-order chi connectivity index (χ1) is 7.17. The van der Waals surface area contributed by atoms with Crippen LogP contribution in [0, 0.1) is 11.3 Å². The van der Waals surface area contributed by atoms with Gasteiger partial charge in [0.25, 0.3) is 0 Å². The lowest BCUT2D eigenvalue weighted by atomic mass is 10.1. The molecule has 0 radical (unpaired) electrons. The number of rotatable bonds is 4. The minimum atomic E-state index is -0.678. The predicted octanol–water partition coefficient (Wildman–Crippen LogP) is 2.17. The van der Waals surface area contributed by atoms with Crippen LogP contribution in [-0.2, 0) is 6.42 Å². The summed E-state index contributed by atoms with van der Waals surface area (Å²) in [5.74, 6) is 0.677. The molecule has 0 aliphatic rings. The van der Waals surface area contributed by atoms with Crippen molar-refractivity contribution in [2.75, 3.05) is 7.11 Å². The zero-order valence-electron chi connectivity index (χ0n) is 8.40. The summed E-state index contributed by atoms with van der Waals surface area (Å²) in [5, 5.41) is 18.5. The van der Waals surface area contributed by atoms with Crippen molar-refractivity contribution >= 4 is 11.6 Å². The van der Waals surface area contributed by atoms with E-state index in [-0.39, 0.29) is 6.42 Å². The van der Waals surface area contributed by atoms with Gasteiger partial charge < -0.3 is 9.84 Å². The largest absolute Gasteiger partial charge is 0.496 e. The number of ether oxygens (including phenoxy) is 1. The molecule has 0 amide bonds. The molecule has 3 nitrogen and oxygen atoms in total. The highest BCUT2D eigenvalue weighted by molar-refractivity contribution is 6.30. The molecule has 1 rings (SSSR count). The quantitative estimate of drug-likeness (QED) is 0.855. The van der Waals surface area contributed by atoms with E-state index in [9.17, 15) is 5.11 Å². The van der Waals surface area contributed by atoms with E-state index in [0.717, 1.165) is 5.56 Å². The van der Waals surface area contributed by atoms with Crippen molar-refractivity contribution in [2.24, 2.45) is 0 Å². The summed E-state index contributed by atoms with van der Waals surface area (Å²) in [5.41, 5.74) is 0.813. The molecule has 0 heterocycles. The Kier molecular flexibility index (Phi) is 4.41. The van der Waals surface area contributed by atoms with E-state index in [1.807, 2.05) is 6.07 Å². The van der Waals surface area contributed by atoms with E-state index in [0.29, 0.717) is 17.2 Å². The van der Waals surface area contributed by atoms with E-state index < -0.39 is 6.10 Å². The molecular weight excluding hydrogens is 214 g/mol. The van der Waals surface area contributed by atoms with Crippen LogP contribution in [0.4, 0.5) is 0 Å². The predicted molar refractivity (Wildman–Crippen MR) is 57.9 cm³/mol. The third-order valence-electron chi connectivity index (χ3n) is 2.02. The number of aliphatic hydroxyl groups excluding tert-OH is 1. The van der Waals surface area contributed by atoms with Gasteiger partial charge in [0.1, 0.15) is 5.75 Å². The molecule has 0 aliphatic heterocycles. The molecule has 0 aliphatic carbocycles. The normalized spacial score (nSPS) is 11.9. The molecular formula is C11H12ClNO2. The van der Waals surface area contributed by atoms with Gasteiger partial charge in [-0.15, -0.1) is 0 Å². The number of hydrogen-bond donors (Lipinski definition) is 1. The van der Waals surface area contributed by atoms with Crippen LogP contribution in [0.25, 0.3) is 0 Å². The smallest absolute Gasteiger partial charge is 0.122 e. The standard InChI is InChI=1S/C11H12ClNO2/c1-15-11-3-2-9(12)6-8(11)7-10(14)4-5-13/h2-3,6,10,14H,4,7H2,1H3. The second-order valence-electron chi connectivity index (χ2n) is 3.18. The van der Waals surface area contributed by atoms with Crippen LogP contribution in [0.15, 0.2) is 18.2 Å². The number of nitriles is 1. The van der Waals surface area contributed by atoms with Crippen molar-refractivity contribution in [3.8, 4) is 11.8 Å². The highest BCUT2D eigenvalue weighted by Gasteiger charge is 2.10. The summed E-state index contributed by atoms with van der Waals surface area (Å²) >= 11 is 5.83. The van der Waals surface area contributed by atoms with Gasteiger partial charge in [-0.1, -0.05) is 11.6 Å². The summed E-state index contributed by atoms with van der Waals surface area (Å²) in [4.78, 5) is 0. The fraction of sp³-hybridized carbons (Fsp3) is 0.364. The third kappa shape index (κ3) is 3.43. The first-order valence-corrected chi connectivity index (χ1v) is 4.92. The Balaban J connectivity index is 2.83. The molecule has 0 bridgehead atoms. The Hall–Kier alpha value is -1.24. The number of benzene rings is 1. The molecule has 1 atom stereocenters. The maximum absolute atomic E-state index is 9.49. The molecule has 0 saturated heterocycles. The maximum atomic E-state index is 9.49. The van der Waals surface area contributed by atoms with E-state index >= 15 is 0 Å². The molecule has 1 unspecified atom stereocenters. The van der Waals surface area contributed by atoms with Crippen molar-refractivity contribution in [1.82, 2.24) is 0 Å². The number of halogens is 1. The van der Waals surface area contributed by atoms with Crippen LogP contribution in [0.5, 0.6) is 5.75 Å². The van der Waals surface area contributed by atoms with E-state index in [4.69, 9.17) is 21.6 Å². The fourth-order valence-corrected chi connectivity index (χ4v) is 1.53. The van der Waals surface area contributed by atoms with Crippen LogP contribution < -0.4 is 4.74 Å². The minimum absolute atomic E-state index is 0.107. The molecule has 4 heteroatoms. The lowest BCUT2D eigenvalue weighted by Crippen LogP contribution is -2.10. The fourth-order valence-electron chi connectivity index (χ4n) is 1.34. The van der Waals surface area contributed by atoms with Crippen LogP contribution in [0.2, 0.25) is 5.02 Å². The molecule has 1 N–H and O–H groups in total. The second-order valence-corrected chi connectivity index (χ2v) is 3.61. The molecule has 0 spiro atoms. The first-order valence-electron chi connectivity index (χ1n) is 4.54. The molecule has 15 heavy (non-hydrogen) atoms. The molecule has 80 valence electrons. The van der Waals surface area contributed by atoms with Gasteiger partial charge in [0.15, 0.2) is 0 Å². The average molecular weight is 226 g/mol. The van der Waals surface area contributed by atoms with Gasteiger partial charge in [0.05, 0.1) is 25.7 Å². The lowest BCUT2D eigenvalue weighted by molar-refractivity contribution is 0.179. The van der Waals surface area contributed by atoms with E-state index in [1.165, 1.54) is 0 Å². The first kappa shape index (κ1) is 11.8. The van der Waals surface area contributed by atoms with Crippen molar-refractivity contribution in [1.29, 1.82) is 5.26 Å². The van der Waals surface area contributed by atoms with Gasteiger partial charge in [0.2, 0.25) is 0 Å². The maximum Gasteiger partial charge on any atom is 0.122 e. The van der Waals surface area contributed by atoms with Crippen LogP contribution in [0.1, 0.15) is 12.0 Å². The third-order valence-corrected chi connectivity index (χ3v) is 2.26. The van der Waals surface area contributed by atoms with E-state index in [1.54, 1.807) is 25.3 Å². The highest BCUT2D eigenvalue weighted by atomic mass is 35.5. The molecule has 0 aromatic heterocycles.